The molecule has 0 aliphatic carbocycles. The number of hydrogen-bond donors (Lipinski definition) is 3. The fourth-order valence-corrected chi connectivity index (χ4v) is 4.10. The second kappa shape index (κ2) is 10.9. The predicted octanol–water partition coefficient (Wildman–Crippen LogP) is 4.54. The third kappa shape index (κ3) is 6.73. The first-order valence-electron chi connectivity index (χ1n) is 11.4. The van der Waals surface area contributed by atoms with E-state index in [1.807, 2.05) is 44.2 Å². The first kappa shape index (κ1) is 27.2. The molecule has 0 unspecified atom stereocenters. The van der Waals surface area contributed by atoms with Crippen molar-refractivity contribution in [2.24, 2.45) is 0 Å². The number of carbonyl (C=O) groups excluding carboxylic acids is 1. The van der Waals surface area contributed by atoms with Crippen molar-refractivity contribution in [3.05, 3.63) is 64.7 Å². The molecular formula is C27H37NO6. The lowest BCUT2D eigenvalue weighted by atomic mass is 9.74. The van der Waals surface area contributed by atoms with Gasteiger partial charge in [-0.1, -0.05) is 36.4 Å². The molecule has 0 spiro atoms. The quantitative estimate of drug-likeness (QED) is 0.496. The van der Waals surface area contributed by atoms with Crippen LogP contribution in [0, 0.1) is 13.8 Å². The van der Waals surface area contributed by atoms with E-state index in [2.05, 4.69) is 5.32 Å². The molecule has 0 aliphatic rings. The summed E-state index contributed by atoms with van der Waals surface area (Å²) < 4.78 is 10.8. The lowest BCUT2D eigenvalue weighted by molar-refractivity contribution is -0.144. The number of alkyl carbamates (subject to hydrolysis) is 1. The van der Waals surface area contributed by atoms with Crippen molar-refractivity contribution in [2.75, 3.05) is 7.11 Å². The Morgan fingerprint density at radius 3 is 2.15 bits per heavy atom. The minimum Gasteiger partial charge on any atom is -0.496 e. The van der Waals surface area contributed by atoms with Gasteiger partial charge in [0, 0.05) is 0 Å². The van der Waals surface area contributed by atoms with E-state index in [4.69, 9.17) is 9.47 Å². The molecule has 0 saturated carbocycles. The highest BCUT2D eigenvalue weighted by Gasteiger charge is 2.41. The van der Waals surface area contributed by atoms with Crippen LogP contribution in [-0.2, 0) is 21.4 Å². The van der Waals surface area contributed by atoms with Crippen LogP contribution >= 0.6 is 0 Å². The zero-order valence-corrected chi connectivity index (χ0v) is 21.1. The van der Waals surface area contributed by atoms with Crippen molar-refractivity contribution in [2.45, 2.75) is 77.5 Å². The van der Waals surface area contributed by atoms with Gasteiger partial charge in [-0.25, -0.2) is 4.79 Å². The fraction of sp³-hybridized carbons (Fsp3) is 0.481. The van der Waals surface area contributed by atoms with E-state index in [9.17, 15) is 19.8 Å². The zero-order chi connectivity index (χ0) is 25.7. The van der Waals surface area contributed by atoms with Crippen molar-refractivity contribution in [3.8, 4) is 5.75 Å². The average molecular weight is 472 g/mol. The van der Waals surface area contributed by atoms with Gasteiger partial charge in [-0.05, 0) is 82.7 Å². The Hall–Kier alpha value is -3.06. The number of rotatable bonds is 9. The molecule has 0 radical (unpaired) electrons. The molecular weight excluding hydrogens is 434 g/mol. The Balaban J connectivity index is 2.39. The monoisotopic (exact) mass is 471 g/mol. The number of carboxylic acid groups (broad SMARTS) is 1. The molecule has 7 heteroatoms. The van der Waals surface area contributed by atoms with Crippen LogP contribution in [0.3, 0.4) is 0 Å². The van der Waals surface area contributed by atoms with Gasteiger partial charge in [0.25, 0.3) is 0 Å². The van der Waals surface area contributed by atoms with Gasteiger partial charge in [-0.15, -0.1) is 0 Å². The second-order valence-corrected chi connectivity index (χ2v) is 9.92. The summed E-state index contributed by atoms with van der Waals surface area (Å²) in [7, 11) is 1.57. The van der Waals surface area contributed by atoms with Crippen LogP contribution in [0.1, 0.15) is 56.4 Å². The SMILES string of the molecule is COc1ccc([C@@](C)(C[C@H](O)[C@H](Cc2ccccc2)NC(=O)OC(C)(C)C)C(=O)O)c(C)c1C. The minimum absolute atomic E-state index is 0.109. The van der Waals surface area contributed by atoms with Gasteiger partial charge in [0.05, 0.1) is 24.7 Å². The predicted molar refractivity (Wildman–Crippen MR) is 131 cm³/mol. The van der Waals surface area contributed by atoms with Gasteiger partial charge in [-0.3, -0.25) is 4.79 Å². The molecule has 7 nitrogen and oxygen atoms in total. The van der Waals surface area contributed by atoms with Crippen LogP contribution < -0.4 is 10.1 Å². The summed E-state index contributed by atoms with van der Waals surface area (Å²) in [5.74, 6) is -0.391. The van der Waals surface area contributed by atoms with Crippen LogP contribution in [0.2, 0.25) is 0 Å². The van der Waals surface area contributed by atoms with Crippen molar-refractivity contribution in [3.63, 3.8) is 0 Å². The van der Waals surface area contributed by atoms with Crippen molar-refractivity contribution in [1.29, 1.82) is 0 Å². The Morgan fingerprint density at radius 2 is 1.62 bits per heavy atom. The summed E-state index contributed by atoms with van der Waals surface area (Å²) in [6, 6.07) is 12.1. The number of aliphatic carboxylic acids is 1. The van der Waals surface area contributed by atoms with Gasteiger partial charge in [0.15, 0.2) is 0 Å². The largest absolute Gasteiger partial charge is 0.496 e. The zero-order valence-electron chi connectivity index (χ0n) is 21.1. The maximum absolute atomic E-state index is 12.5. The summed E-state index contributed by atoms with van der Waals surface area (Å²) in [6.45, 7) is 10.6. The highest BCUT2D eigenvalue weighted by atomic mass is 16.6. The van der Waals surface area contributed by atoms with E-state index in [1.165, 1.54) is 0 Å². The van der Waals surface area contributed by atoms with Gasteiger partial charge in [0.1, 0.15) is 11.4 Å². The summed E-state index contributed by atoms with van der Waals surface area (Å²) in [5.41, 5.74) is 1.01. The Bertz CT molecular complexity index is 998. The minimum atomic E-state index is -1.40. The van der Waals surface area contributed by atoms with E-state index in [-0.39, 0.29) is 6.42 Å². The lowest BCUT2D eigenvalue weighted by Gasteiger charge is -2.34. The van der Waals surface area contributed by atoms with E-state index < -0.39 is 35.2 Å². The number of ether oxygens (including phenoxy) is 2. The lowest BCUT2D eigenvalue weighted by Crippen LogP contribution is -2.50. The Kier molecular flexibility index (Phi) is 8.72. The molecule has 0 aromatic heterocycles. The summed E-state index contributed by atoms with van der Waals surface area (Å²) in [4.78, 5) is 25.0. The number of methoxy groups -OCH3 is 1. The van der Waals surface area contributed by atoms with Crippen molar-refractivity contribution >= 4 is 12.1 Å². The van der Waals surface area contributed by atoms with E-state index in [0.29, 0.717) is 17.7 Å². The number of aliphatic hydroxyl groups is 1. The van der Waals surface area contributed by atoms with Crippen LogP contribution in [0.15, 0.2) is 42.5 Å². The molecule has 34 heavy (non-hydrogen) atoms. The number of nitrogens with one attached hydrogen (secondary N) is 1. The third-order valence-electron chi connectivity index (χ3n) is 6.11. The second-order valence-electron chi connectivity index (χ2n) is 9.92. The Labute approximate surface area is 202 Å². The molecule has 2 aromatic carbocycles. The van der Waals surface area contributed by atoms with Gasteiger partial charge in [-0.2, -0.15) is 0 Å². The van der Waals surface area contributed by atoms with E-state index in [0.717, 1.165) is 16.7 Å². The van der Waals surface area contributed by atoms with Crippen LogP contribution in [0.4, 0.5) is 4.79 Å². The summed E-state index contributed by atoms with van der Waals surface area (Å²) >= 11 is 0. The van der Waals surface area contributed by atoms with Crippen molar-refractivity contribution in [1.82, 2.24) is 5.32 Å². The molecule has 186 valence electrons. The number of carboxylic acids is 1. The molecule has 2 aromatic rings. The van der Waals surface area contributed by atoms with Gasteiger partial charge in [0.2, 0.25) is 0 Å². The molecule has 0 saturated heterocycles. The highest BCUT2D eigenvalue weighted by molar-refractivity contribution is 5.82. The van der Waals surface area contributed by atoms with E-state index in [1.54, 1.807) is 46.9 Å². The molecule has 0 aliphatic heterocycles. The molecule has 3 atom stereocenters. The van der Waals surface area contributed by atoms with Gasteiger partial charge < -0.3 is 25.0 Å². The molecule has 0 bridgehead atoms. The number of aliphatic hydroxyl groups excluding tert-OH is 1. The first-order chi connectivity index (χ1) is 15.8. The number of benzene rings is 2. The van der Waals surface area contributed by atoms with Crippen LogP contribution in [0.25, 0.3) is 0 Å². The fourth-order valence-electron chi connectivity index (χ4n) is 4.10. The Morgan fingerprint density at radius 1 is 1.00 bits per heavy atom. The number of amides is 1. The molecule has 0 heterocycles. The average Bonchev–Trinajstić information content (AvgIpc) is 2.74. The molecule has 3 N–H and O–H groups in total. The number of hydrogen-bond acceptors (Lipinski definition) is 5. The van der Waals surface area contributed by atoms with Crippen LogP contribution in [0.5, 0.6) is 5.75 Å². The highest BCUT2D eigenvalue weighted by Crippen LogP contribution is 2.36. The summed E-state index contributed by atoms with van der Waals surface area (Å²) in [5, 5.41) is 24.2. The molecule has 0 fully saturated rings. The van der Waals surface area contributed by atoms with Crippen LogP contribution in [-0.4, -0.2) is 47.1 Å². The maximum atomic E-state index is 12.5. The van der Waals surface area contributed by atoms with Gasteiger partial charge >= 0.3 is 12.1 Å². The topological polar surface area (TPSA) is 105 Å². The third-order valence-corrected chi connectivity index (χ3v) is 6.11. The first-order valence-corrected chi connectivity index (χ1v) is 11.4. The standard InChI is InChI=1S/C27H37NO6/c1-17-18(2)23(33-7)14-13-20(17)27(6,24(30)31)16-22(29)21(15-19-11-9-8-10-12-19)28-25(32)34-26(3,4)5/h8-14,21-22,29H,15-16H2,1-7H3,(H,28,32)(H,30,31)/t21-,22-,27+/m0/s1. The maximum Gasteiger partial charge on any atom is 0.407 e. The molecule has 1 amide bonds. The number of carbonyl (C=O) groups is 2. The van der Waals surface area contributed by atoms with E-state index >= 15 is 0 Å². The molecule has 2 rings (SSSR count). The summed E-state index contributed by atoms with van der Waals surface area (Å²) in [6.07, 6.45) is -1.61. The van der Waals surface area contributed by atoms with Crippen molar-refractivity contribution < 1.29 is 29.3 Å². The normalized spacial score (nSPS) is 15.1. The smallest absolute Gasteiger partial charge is 0.407 e.